The van der Waals surface area contributed by atoms with Gasteiger partial charge in [-0.1, -0.05) is 0 Å². The summed E-state index contributed by atoms with van der Waals surface area (Å²) in [4.78, 5) is 22.4. The first-order valence-corrected chi connectivity index (χ1v) is 6.38. The molecule has 1 unspecified atom stereocenters. The lowest BCUT2D eigenvalue weighted by atomic mass is 9.92. The number of rotatable bonds is 1. The molecule has 0 aromatic heterocycles. The Labute approximate surface area is 110 Å². The van der Waals surface area contributed by atoms with Gasteiger partial charge in [0.25, 0.3) is 0 Å². The average Bonchev–Trinajstić information content (AvgIpc) is 2.37. The molecule has 2 aliphatic rings. The summed E-state index contributed by atoms with van der Waals surface area (Å²) in [7, 11) is 0. The Bertz CT molecular complexity index is 553. The number of hydrogen-bond donors (Lipinski definition) is 1. The molecule has 100 valence electrons. The van der Waals surface area contributed by atoms with Crippen LogP contribution in [0.5, 0.6) is 5.75 Å². The predicted molar refractivity (Wildman–Crippen MR) is 68.1 cm³/mol. The lowest BCUT2D eigenvalue weighted by molar-refractivity contribution is -0.148. The first kappa shape index (κ1) is 12.0. The third-order valence-corrected chi connectivity index (χ3v) is 3.45. The SMILES string of the molecule is CC(=O)OC1COc2ccc3c(c2C1)CCC(=O)N3. The summed E-state index contributed by atoms with van der Waals surface area (Å²) in [5.41, 5.74) is 3.01. The van der Waals surface area contributed by atoms with Crippen molar-refractivity contribution < 1.29 is 19.1 Å². The topological polar surface area (TPSA) is 64.6 Å². The van der Waals surface area contributed by atoms with E-state index in [-0.39, 0.29) is 18.0 Å². The van der Waals surface area contributed by atoms with Gasteiger partial charge in [-0.15, -0.1) is 0 Å². The van der Waals surface area contributed by atoms with E-state index in [4.69, 9.17) is 9.47 Å². The molecular weight excluding hydrogens is 246 g/mol. The van der Waals surface area contributed by atoms with Crippen LogP contribution < -0.4 is 10.1 Å². The maximum absolute atomic E-state index is 11.4. The van der Waals surface area contributed by atoms with E-state index in [0.29, 0.717) is 25.9 Å². The van der Waals surface area contributed by atoms with Gasteiger partial charge >= 0.3 is 5.97 Å². The predicted octanol–water partition coefficient (Wildman–Crippen LogP) is 1.44. The van der Waals surface area contributed by atoms with Gasteiger partial charge in [-0.25, -0.2) is 0 Å². The van der Waals surface area contributed by atoms with Crippen LogP contribution in [0.3, 0.4) is 0 Å². The molecule has 0 radical (unpaired) electrons. The summed E-state index contributed by atoms with van der Waals surface area (Å²) in [6.45, 7) is 1.79. The molecule has 0 aliphatic carbocycles. The molecule has 0 fully saturated rings. The van der Waals surface area contributed by atoms with E-state index in [1.54, 1.807) is 0 Å². The molecule has 2 heterocycles. The molecule has 19 heavy (non-hydrogen) atoms. The maximum Gasteiger partial charge on any atom is 0.303 e. The van der Waals surface area contributed by atoms with E-state index in [1.807, 2.05) is 12.1 Å². The van der Waals surface area contributed by atoms with Crippen molar-refractivity contribution >= 4 is 17.6 Å². The van der Waals surface area contributed by atoms with Crippen LogP contribution in [-0.4, -0.2) is 24.6 Å². The fourth-order valence-corrected chi connectivity index (χ4v) is 2.66. The highest BCUT2D eigenvalue weighted by molar-refractivity contribution is 5.94. The number of benzene rings is 1. The molecule has 0 saturated heterocycles. The summed E-state index contributed by atoms with van der Waals surface area (Å²) >= 11 is 0. The molecule has 1 atom stereocenters. The largest absolute Gasteiger partial charge is 0.489 e. The zero-order valence-electron chi connectivity index (χ0n) is 10.7. The molecule has 2 aliphatic heterocycles. The summed E-state index contributed by atoms with van der Waals surface area (Å²) in [5.74, 6) is 0.578. The molecule has 0 bridgehead atoms. The molecule has 0 spiro atoms. The molecule has 1 aromatic carbocycles. The lowest BCUT2D eigenvalue weighted by Crippen LogP contribution is -2.32. The molecule has 1 aromatic rings. The van der Waals surface area contributed by atoms with Crippen LogP contribution >= 0.6 is 0 Å². The van der Waals surface area contributed by atoms with Crippen LogP contribution in [0.15, 0.2) is 12.1 Å². The van der Waals surface area contributed by atoms with Crippen molar-refractivity contribution in [2.45, 2.75) is 32.3 Å². The van der Waals surface area contributed by atoms with Gasteiger partial charge in [-0.05, 0) is 24.1 Å². The van der Waals surface area contributed by atoms with Crippen molar-refractivity contribution in [3.8, 4) is 5.75 Å². The first-order valence-electron chi connectivity index (χ1n) is 6.38. The Morgan fingerprint density at radius 1 is 1.37 bits per heavy atom. The fourth-order valence-electron chi connectivity index (χ4n) is 2.66. The van der Waals surface area contributed by atoms with Crippen molar-refractivity contribution in [1.82, 2.24) is 0 Å². The molecule has 1 N–H and O–H groups in total. The van der Waals surface area contributed by atoms with Crippen LogP contribution in [0.4, 0.5) is 5.69 Å². The Morgan fingerprint density at radius 2 is 2.21 bits per heavy atom. The van der Waals surface area contributed by atoms with E-state index in [2.05, 4.69) is 5.32 Å². The Morgan fingerprint density at radius 3 is 3.00 bits per heavy atom. The number of fused-ring (bicyclic) bond motifs is 3. The molecule has 5 nitrogen and oxygen atoms in total. The van der Waals surface area contributed by atoms with Gasteiger partial charge in [0.1, 0.15) is 18.5 Å². The van der Waals surface area contributed by atoms with Crippen molar-refractivity contribution in [2.75, 3.05) is 11.9 Å². The molecule has 3 rings (SSSR count). The highest BCUT2D eigenvalue weighted by atomic mass is 16.6. The number of carbonyl (C=O) groups excluding carboxylic acids is 2. The number of anilines is 1. The van der Waals surface area contributed by atoms with Crippen LogP contribution in [0, 0.1) is 0 Å². The third kappa shape index (κ3) is 2.28. The van der Waals surface area contributed by atoms with Crippen LogP contribution in [-0.2, 0) is 27.2 Å². The number of amides is 1. The van der Waals surface area contributed by atoms with Crippen molar-refractivity contribution in [2.24, 2.45) is 0 Å². The van der Waals surface area contributed by atoms with Gasteiger partial charge in [0.05, 0.1) is 0 Å². The van der Waals surface area contributed by atoms with E-state index >= 15 is 0 Å². The number of esters is 1. The van der Waals surface area contributed by atoms with Gasteiger partial charge < -0.3 is 14.8 Å². The minimum Gasteiger partial charge on any atom is -0.489 e. The van der Waals surface area contributed by atoms with E-state index in [1.165, 1.54) is 6.92 Å². The van der Waals surface area contributed by atoms with E-state index in [0.717, 1.165) is 22.6 Å². The maximum atomic E-state index is 11.4. The monoisotopic (exact) mass is 261 g/mol. The Kier molecular flexibility index (Phi) is 2.89. The second-order valence-corrected chi connectivity index (χ2v) is 4.86. The standard InChI is InChI=1S/C14H15NO4/c1-8(16)19-9-6-11-10-2-5-14(17)15-12(10)3-4-13(11)18-7-9/h3-4,9H,2,5-7H2,1H3,(H,15,17). The number of carbonyl (C=O) groups is 2. The zero-order valence-corrected chi connectivity index (χ0v) is 10.7. The number of ether oxygens (including phenoxy) is 2. The van der Waals surface area contributed by atoms with Gasteiger partial charge in [0, 0.05) is 31.0 Å². The number of nitrogens with one attached hydrogen (secondary N) is 1. The summed E-state index contributed by atoms with van der Waals surface area (Å²) in [5, 5.41) is 2.86. The second kappa shape index (κ2) is 4.57. The minimum atomic E-state index is -0.296. The second-order valence-electron chi connectivity index (χ2n) is 4.86. The number of hydrogen-bond acceptors (Lipinski definition) is 4. The van der Waals surface area contributed by atoms with Gasteiger partial charge in [-0.3, -0.25) is 9.59 Å². The third-order valence-electron chi connectivity index (χ3n) is 3.45. The Hall–Kier alpha value is -2.04. The minimum absolute atomic E-state index is 0.0423. The van der Waals surface area contributed by atoms with E-state index < -0.39 is 0 Å². The van der Waals surface area contributed by atoms with Crippen molar-refractivity contribution in [3.05, 3.63) is 23.3 Å². The highest BCUT2D eigenvalue weighted by Crippen LogP contribution is 2.36. The van der Waals surface area contributed by atoms with Gasteiger partial charge in [0.15, 0.2) is 0 Å². The smallest absolute Gasteiger partial charge is 0.303 e. The normalized spacial score (nSPS) is 20.7. The van der Waals surface area contributed by atoms with Crippen LogP contribution in [0.2, 0.25) is 0 Å². The van der Waals surface area contributed by atoms with Crippen molar-refractivity contribution in [1.29, 1.82) is 0 Å². The van der Waals surface area contributed by atoms with Crippen LogP contribution in [0.1, 0.15) is 24.5 Å². The lowest BCUT2D eigenvalue weighted by Gasteiger charge is -2.29. The van der Waals surface area contributed by atoms with Crippen LogP contribution in [0.25, 0.3) is 0 Å². The quantitative estimate of drug-likeness (QED) is 0.777. The highest BCUT2D eigenvalue weighted by Gasteiger charge is 2.27. The Balaban J connectivity index is 1.92. The molecular formula is C14H15NO4. The fraction of sp³-hybridized carbons (Fsp3) is 0.429. The molecule has 1 amide bonds. The first-order chi connectivity index (χ1) is 9.13. The van der Waals surface area contributed by atoms with Gasteiger partial charge in [0.2, 0.25) is 5.91 Å². The van der Waals surface area contributed by atoms with E-state index in [9.17, 15) is 9.59 Å². The zero-order chi connectivity index (χ0) is 13.4. The molecule has 5 heteroatoms. The summed E-state index contributed by atoms with van der Waals surface area (Å²) in [6, 6.07) is 3.74. The molecule has 0 saturated carbocycles. The average molecular weight is 261 g/mol. The van der Waals surface area contributed by atoms with Crippen molar-refractivity contribution in [3.63, 3.8) is 0 Å². The summed E-state index contributed by atoms with van der Waals surface area (Å²) < 4.78 is 10.8. The van der Waals surface area contributed by atoms with Gasteiger partial charge in [-0.2, -0.15) is 0 Å². The summed E-state index contributed by atoms with van der Waals surface area (Å²) in [6.07, 6.45) is 1.60.